The van der Waals surface area contributed by atoms with Crippen LogP contribution in [-0.4, -0.2) is 48.6 Å². The summed E-state index contributed by atoms with van der Waals surface area (Å²) in [5.41, 5.74) is 2.82. The van der Waals surface area contributed by atoms with E-state index >= 15 is 0 Å². The number of carbonyl (C=O) groups is 1. The summed E-state index contributed by atoms with van der Waals surface area (Å²) in [6.45, 7) is 4.67. The van der Waals surface area contributed by atoms with Gasteiger partial charge in [0.15, 0.2) is 0 Å². The van der Waals surface area contributed by atoms with Crippen molar-refractivity contribution in [3.63, 3.8) is 0 Å². The molecule has 1 aliphatic heterocycles. The van der Waals surface area contributed by atoms with Crippen molar-refractivity contribution in [2.45, 2.75) is 19.3 Å². The minimum Gasteiger partial charge on any atom is -0.491 e. The van der Waals surface area contributed by atoms with E-state index in [2.05, 4.69) is 43.3 Å². The summed E-state index contributed by atoms with van der Waals surface area (Å²) >= 11 is 4.93. The maximum Gasteiger partial charge on any atom is 0.263 e. The van der Waals surface area contributed by atoms with Crippen LogP contribution in [0.4, 0.5) is 0 Å². The zero-order valence-electron chi connectivity index (χ0n) is 14.0. The summed E-state index contributed by atoms with van der Waals surface area (Å²) in [5, 5.41) is 2.91. The molecule has 1 aromatic heterocycles. The summed E-state index contributed by atoms with van der Waals surface area (Å²) < 4.78 is 6.84. The number of halogens is 1. The summed E-state index contributed by atoms with van der Waals surface area (Å²) in [4.78, 5) is 18.9. The van der Waals surface area contributed by atoms with Gasteiger partial charge < -0.3 is 10.1 Å². The second kappa shape index (κ2) is 9.31. The lowest BCUT2D eigenvalue weighted by molar-refractivity contribution is 0.0958. The quantitative estimate of drug-likeness (QED) is 0.706. The Morgan fingerprint density at radius 3 is 2.92 bits per heavy atom. The molecule has 1 aromatic carbocycles. The molecule has 0 radical (unpaired) electrons. The van der Waals surface area contributed by atoms with Crippen LogP contribution in [0.5, 0.6) is 5.75 Å². The Morgan fingerprint density at radius 1 is 1.36 bits per heavy atom. The summed E-state index contributed by atoms with van der Waals surface area (Å²) in [6.07, 6.45) is 4.97. The number of nitrogens with zero attached hydrogens (tertiary/aromatic N) is 2. The van der Waals surface area contributed by atoms with Gasteiger partial charge in [0.25, 0.3) is 5.91 Å². The second-order valence-electron chi connectivity index (χ2n) is 6.03. The third-order valence-corrected chi connectivity index (χ3v) is 5.61. The third kappa shape index (κ3) is 5.52. The topological polar surface area (TPSA) is 54.5 Å². The predicted molar refractivity (Wildman–Crippen MR) is 103 cm³/mol. The smallest absolute Gasteiger partial charge is 0.263 e. The fourth-order valence-electron chi connectivity index (χ4n) is 2.84. The van der Waals surface area contributed by atoms with E-state index in [1.165, 1.54) is 37.3 Å². The van der Waals surface area contributed by atoms with E-state index in [4.69, 9.17) is 4.74 Å². The van der Waals surface area contributed by atoms with Crippen LogP contribution in [0.15, 0.2) is 34.4 Å². The fourth-order valence-corrected chi connectivity index (χ4v) is 3.92. The van der Waals surface area contributed by atoms with Crippen LogP contribution < -0.4 is 10.1 Å². The second-order valence-corrected chi connectivity index (χ2v) is 7.77. The van der Waals surface area contributed by atoms with Crippen molar-refractivity contribution >= 4 is 33.2 Å². The van der Waals surface area contributed by atoms with Crippen LogP contribution in [0.1, 0.15) is 28.1 Å². The van der Waals surface area contributed by atoms with E-state index in [1.54, 1.807) is 11.7 Å². The van der Waals surface area contributed by atoms with E-state index < -0.39 is 0 Å². The van der Waals surface area contributed by atoms with Crippen LogP contribution in [0, 0.1) is 0 Å². The molecule has 5 nitrogen and oxygen atoms in total. The Hall–Kier alpha value is -1.44. The van der Waals surface area contributed by atoms with E-state index in [9.17, 15) is 4.79 Å². The van der Waals surface area contributed by atoms with E-state index in [1.807, 2.05) is 6.07 Å². The molecule has 134 valence electrons. The molecule has 0 aliphatic carbocycles. The van der Waals surface area contributed by atoms with Gasteiger partial charge in [-0.3, -0.25) is 14.7 Å². The van der Waals surface area contributed by atoms with Gasteiger partial charge in [0.2, 0.25) is 0 Å². The maximum atomic E-state index is 11.9. The van der Waals surface area contributed by atoms with Crippen molar-refractivity contribution in [3.8, 4) is 5.75 Å². The number of hydrogen-bond acceptors (Lipinski definition) is 5. The Balaban J connectivity index is 1.42. The highest BCUT2D eigenvalue weighted by Crippen LogP contribution is 2.26. The molecule has 0 saturated carbocycles. The van der Waals surface area contributed by atoms with Gasteiger partial charge in [0, 0.05) is 13.1 Å². The van der Waals surface area contributed by atoms with E-state index in [0.717, 1.165) is 28.8 Å². The van der Waals surface area contributed by atoms with Crippen LogP contribution in [-0.2, 0) is 6.42 Å². The highest BCUT2D eigenvalue weighted by atomic mass is 79.9. The number of nitrogens with one attached hydrogen (secondary N) is 1. The van der Waals surface area contributed by atoms with Gasteiger partial charge in [-0.25, -0.2) is 0 Å². The monoisotopic (exact) mass is 423 g/mol. The number of ether oxygens (including phenoxy) is 1. The molecule has 7 heteroatoms. The van der Waals surface area contributed by atoms with Crippen LogP contribution >= 0.6 is 27.3 Å². The number of likely N-dealkylation sites (tertiary alicyclic amines) is 1. The first-order valence-corrected chi connectivity index (χ1v) is 10.2. The first kappa shape index (κ1) is 18.4. The zero-order chi connectivity index (χ0) is 17.5. The minimum atomic E-state index is -0.0663. The van der Waals surface area contributed by atoms with Crippen molar-refractivity contribution in [3.05, 3.63) is 44.8 Å². The molecular formula is C18H22BrN3O2S. The highest BCUT2D eigenvalue weighted by molar-refractivity contribution is 9.10. The van der Waals surface area contributed by atoms with Crippen LogP contribution in [0.2, 0.25) is 0 Å². The summed E-state index contributed by atoms with van der Waals surface area (Å²) in [7, 11) is 0. The standard InChI is InChI=1S/C18H22BrN3O2S/c19-15-11-14(5-6-21-18(23)17-12-20-13-25-17)3-4-16(15)24-10-9-22-7-1-2-8-22/h3-4,11-13H,1-2,5-10H2,(H,21,23). The van der Waals surface area contributed by atoms with Crippen molar-refractivity contribution in [2.75, 3.05) is 32.8 Å². The Labute approximate surface area is 160 Å². The average molecular weight is 424 g/mol. The third-order valence-electron chi connectivity index (χ3n) is 4.22. The van der Waals surface area contributed by atoms with Crippen molar-refractivity contribution < 1.29 is 9.53 Å². The molecule has 0 spiro atoms. The Kier molecular flexibility index (Phi) is 6.84. The van der Waals surface area contributed by atoms with Gasteiger partial charge in [-0.15, -0.1) is 11.3 Å². The van der Waals surface area contributed by atoms with Crippen molar-refractivity contribution in [2.24, 2.45) is 0 Å². The lowest BCUT2D eigenvalue weighted by atomic mass is 10.1. The van der Waals surface area contributed by atoms with Crippen molar-refractivity contribution in [1.82, 2.24) is 15.2 Å². The number of amides is 1. The first-order chi connectivity index (χ1) is 12.2. The summed E-state index contributed by atoms with van der Waals surface area (Å²) in [6, 6.07) is 6.10. The predicted octanol–water partition coefficient (Wildman–Crippen LogP) is 3.35. The van der Waals surface area contributed by atoms with Crippen molar-refractivity contribution in [1.29, 1.82) is 0 Å². The van der Waals surface area contributed by atoms with Gasteiger partial charge >= 0.3 is 0 Å². The molecule has 0 bridgehead atoms. The molecule has 1 saturated heterocycles. The molecule has 3 rings (SSSR count). The fraction of sp³-hybridized carbons (Fsp3) is 0.444. The molecule has 1 N–H and O–H groups in total. The van der Waals surface area contributed by atoms with Crippen LogP contribution in [0.3, 0.4) is 0 Å². The molecule has 0 atom stereocenters. The largest absolute Gasteiger partial charge is 0.491 e. The molecule has 0 unspecified atom stereocenters. The normalized spacial score (nSPS) is 14.6. The number of benzene rings is 1. The first-order valence-electron chi connectivity index (χ1n) is 8.52. The number of carbonyl (C=O) groups excluding carboxylic acids is 1. The lowest BCUT2D eigenvalue weighted by Crippen LogP contribution is -2.25. The van der Waals surface area contributed by atoms with Gasteiger partial charge in [0.05, 0.1) is 16.2 Å². The summed E-state index contributed by atoms with van der Waals surface area (Å²) in [5.74, 6) is 0.806. The van der Waals surface area contributed by atoms with Gasteiger partial charge in [-0.05, 0) is 66.0 Å². The number of aromatic nitrogens is 1. The van der Waals surface area contributed by atoms with Gasteiger partial charge in [-0.2, -0.15) is 0 Å². The SMILES string of the molecule is O=C(NCCc1ccc(OCCN2CCCC2)c(Br)c1)c1cncs1. The van der Waals surface area contributed by atoms with Gasteiger partial charge in [-0.1, -0.05) is 6.07 Å². The van der Waals surface area contributed by atoms with Gasteiger partial charge in [0.1, 0.15) is 17.2 Å². The molecule has 2 aromatic rings. The lowest BCUT2D eigenvalue weighted by Gasteiger charge is -2.16. The highest BCUT2D eigenvalue weighted by Gasteiger charge is 2.11. The molecule has 1 aliphatic rings. The molecular weight excluding hydrogens is 402 g/mol. The molecule has 1 amide bonds. The molecule has 25 heavy (non-hydrogen) atoms. The number of hydrogen-bond donors (Lipinski definition) is 1. The van der Waals surface area contributed by atoms with E-state index in [0.29, 0.717) is 18.0 Å². The minimum absolute atomic E-state index is 0.0663. The van der Waals surface area contributed by atoms with E-state index in [-0.39, 0.29) is 5.91 Å². The number of thiazole rings is 1. The Bertz CT molecular complexity index is 688. The average Bonchev–Trinajstić information content (AvgIpc) is 3.30. The Morgan fingerprint density at radius 2 is 2.20 bits per heavy atom. The number of rotatable bonds is 8. The van der Waals surface area contributed by atoms with Crippen LogP contribution in [0.25, 0.3) is 0 Å². The maximum absolute atomic E-state index is 11.9. The molecule has 2 heterocycles. The zero-order valence-corrected chi connectivity index (χ0v) is 16.4. The molecule has 1 fully saturated rings.